The smallest absolute Gasteiger partial charge is 0.135 e. The lowest BCUT2D eigenvalue weighted by atomic mass is 10.0. The largest absolute Gasteiger partial charge is 0.304 e. The fourth-order valence-electron chi connectivity index (χ4n) is 1.96. The third-order valence-corrected chi connectivity index (χ3v) is 3.53. The molecule has 0 radical (unpaired) electrons. The van der Waals surface area contributed by atoms with Gasteiger partial charge in [0.2, 0.25) is 0 Å². The van der Waals surface area contributed by atoms with Crippen molar-refractivity contribution < 1.29 is 9.59 Å². The van der Waals surface area contributed by atoms with Crippen LogP contribution in [0, 0.1) is 11.8 Å². The van der Waals surface area contributed by atoms with Gasteiger partial charge in [-0.25, -0.2) is 0 Å². The minimum Gasteiger partial charge on any atom is -0.304 e. The predicted octanol–water partition coefficient (Wildman–Crippen LogP) is 3.32. The Hall–Kier alpha value is -0.700. The van der Waals surface area contributed by atoms with Crippen LogP contribution >= 0.6 is 0 Å². The topological polar surface area (TPSA) is 37.4 Å². The third-order valence-electron chi connectivity index (χ3n) is 3.53. The van der Waals surface area contributed by atoms with Gasteiger partial charge in [0, 0.05) is 24.7 Å². The van der Waals surface area contributed by atoms with Crippen LogP contribution in [0.25, 0.3) is 0 Å². The van der Waals surface area contributed by atoms with Crippen LogP contribution in [0.1, 0.15) is 60.3 Å². The summed E-state index contributed by atoms with van der Waals surface area (Å²) in [7, 11) is 0. The molecular formula is C16H31NO2. The first-order chi connectivity index (χ1) is 8.88. The predicted molar refractivity (Wildman–Crippen MR) is 80.3 cm³/mol. The molecule has 0 rings (SSSR count). The lowest BCUT2D eigenvalue weighted by Crippen LogP contribution is -2.27. The van der Waals surface area contributed by atoms with Gasteiger partial charge in [-0.15, -0.1) is 0 Å². The molecule has 0 aromatic heterocycles. The lowest BCUT2D eigenvalue weighted by Gasteiger charge is -2.20. The van der Waals surface area contributed by atoms with Crippen LogP contribution < -0.4 is 0 Å². The minimum atomic E-state index is 0.152. The maximum Gasteiger partial charge on any atom is 0.135 e. The molecule has 0 aliphatic rings. The maximum atomic E-state index is 11.5. The van der Waals surface area contributed by atoms with E-state index in [0.29, 0.717) is 24.4 Å². The Labute approximate surface area is 118 Å². The van der Waals surface area contributed by atoms with Gasteiger partial charge in [-0.05, 0) is 32.5 Å². The number of rotatable bonds is 11. The first-order valence-corrected chi connectivity index (χ1v) is 7.66. The van der Waals surface area contributed by atoms with Crippen LogP contribution in [0.3, 0.4) is 0 Å². The fraction of sp³-hybridized carbons (Fsp3) is 0.875. The lowest BCUT2D eigenvalue weighted by molar-refractivity contribution is -0.122. The molecule has 0 aromatic rings. The van der Waals surface area contributed by atoms with E-state index >= 15 is 0 Å². The SMILES string of the molecule is CCN(CCCC(=O)C(C)C)CCCC(=O)C(C)C. The van der Waals surface area contributed by atoms with Crippen molar-refractivity contribution in [2.24, 2.45) is 11.8 Å². The van der Waals surface area contributed by atoms with E-state index in [1.54, 1.807) is 0 Å². The van der Waals surface area contributed by atoms with E-state index in [4.69, 9.17) is 0 Å². The molecule has 0 amide bonds. The van der Waals surface area contributed by atoms with Crippen LogP contribution in [-0.2, 0) is 9.59 Å². The third kappa shape index (κ3) is 8.93. The van der Waals surface area contributed by atoms with Gasteiger partial charge < -0.3 is 4.90 Å². The van der Waals surface area contributed by atoms with Crippen LogP contribution in [-0.4, -0.2) is 36.1 Å². The van der Waals surface area contributed by atoms with E-state index in [9.17, 15) is 9.59 Å². The Balaban J connectivity index is 3.78. The summed E-state index contributed by atoms with van der Waals surface area (Å²) in [5.74, 6) is 1.01. The second kappa shape index (κ2) is 10.1. The van der Waals surface area contributed by atoms with Crippen molar-refractivity contribution in [3.05, 3.63) is 0 Å². The molecule has 19 heavy (non-hydrogen) atoms. The van der Waals surface area contributed by atoms with Crippen molar-refractivity contribution in [1.82, 2.24) is 4.90 Å². The van der Waals surface area contributed by atoms with Crippen molar-refractivity contribution in [3.63, 3.8) is 0 Å². The van der Waals surface area contributed by atoms with E-state index in [1.165, 1.54) is 0 Å². The van der Waals surface area contributed by atoms with Crippen molar-refractivity contribution in [2.45, 2.75) is 60.3 Å². The zero-order valence-electron chi connectivity index (χ0n) is 13.4. The monoisotopic (exact) mass is 269 g/mol. The molecule has 3 heteroatoms. The highest BCUT2D eigenvalue weighted by molar-refractivity contribution is 5.80. The van der Waals surface area contributed by atoms with E-state index in [0.717, 1.165) is 32.5 Å². The quantitative estimate of drug-likeness (QED) is 0.577. The fourth-order valence-corrected chi connectivity index (χ4v) is 1.96. The highest BCUT2D eigenvalue weighted by Crippen LogP contribution is 2.06. The van der Waals surface area contributed by atoms with Crippen molar-refractivity contribution in [1.29, 1.82) is 0 Å². The summed E-state index contributed by atoms with van der Waals surface area (Å²) in [4.78, 5) is 25.4. The minimum absolute atomic E-state index is 0.152. The Bertz CT molecular complexity index is 246. The summed E-state index contributed by atoms with van der Waals surface area (Å²) in [6.45, 7) is 12.9. The zero-order chi connectivity index (χ0) is 14.8. The average Bonchev–Trinajstić information content (AvgIpc) is 2.35. The normalized spacial score (nSPS) is 11.6. The standard InChI is InChI=1S/C16H31NO2/c1-6-17(11-7-9-15(18)13(2)3)12-8-10-16(19)14(4)5/h13-14H,6-12H2,1-5H3. The molecule has 0 saturated heterocycles. The molecule has 0 aliphatic carbocycles. The number of Topliss-reactive ketones (excluding diaryl/α,β-unsaturated/α-hetero) is 2. The molecule has 0 aromatic carbocycles. The van der Waals surface area contributed by atoms with Gasteiger partial charge in [0.25, 0.3) is 0 Å². The van der Waals surface area contributed by atoms with Gasteiger partial charge in [0.05, 0.1) is 0 Å². The molecule has 0 unspecified atom stereocenters. The summed E-state index contributed by atoms with van der Waals surface area (Å²) in [5, 5.41) is 0. The molecule has 0 atom stereocenters. The molecule has 0 fully saturated rings. The second-order valence-corrected chi connectivity index (χ2v) is 5.88. The molecule has 0 saturated carbocycles. The van der Waals surface area contributed by atoms with Crippen LogP contribution in [0.5, 0.6) is 0 Å². The Morgan fingerprint density at radius 3 is 1.47 bits per heavy atom. The number of carbonyl (C=O) groups is 2. The average molecular weight is 269 g/mol. The van der Waals surface area contributed by atoms with Crippen LogP contribution in [0.15, 0.2) is 0 Å². The van der Waals surface area contributed by atoms with Gasteiger partial charge in [0.1, 0.15) is 11.6 Å². The van der Waals surface area contributed by atoms with E-state index < -0.39 is 0 Å². The Morgan fingerprint density at radius 1 is 0.842 bits per heavy atom. The van der Waals surface area contributed by atoms with Gasteiger partial charge in [-0.1, -0.05) is 34.6 Å². The highest BCUT2D eigenvalue weighted by Gasteiger charge is 2.10. The summed E-state index contributed by atoms with van der Waals surface area (Å²) in [6, 6.07) is 0. The van der Waals surface area contributed by atoms with E-state index in [-0.39, 0.29) is 11.8 Å². The molecule has 0 heterocycles. The van der Waals surface area contributed by atoms with Crippen molar-refractivity contribution in [2.75, 3.05) is 19.6 Å². The van der Waals surface area contributed by atoms with Crippen LogP contribution in [0.2, 0.25) is 0 Å². The molecule has 0 spiro atoms. The summed E-state index contributed by atoms with van der Waals surface area (Å²) >= 11 is 0. The first-order valence-electron chi connectivity index (χ1n) is 7.66. The highest BCUT2D eigenvalue weighted by atomic mass is 16.1. The number of carbonyl (C=O) groups excluding carboxylic acids is 2. The summed E-state index contributed by atoms with van der Waals surface area (Å²) in [6.07, 6.45) is 3.23. The number of hydrogen-bond donors (Lipinski definition) is 0. The maximum absolute atomic E-state index is 11.5. The number of ketones is 2. The Kier molecular flexibility index (Phi) is 9.76. The number of hydrogen-bond acceptors (Lipinski definition) is 3. The molecule has 0 bridgehead atoms. The first kappa shape index (κ1) is 18.3. The second-order valence-electron chi connectivity index (χ2n) is 5.88. The number of nitrogens with zero attached hydrogens (tertiary/aromatic N) is 1. The summed E-state index contributed by atoms with van der Waals surface area (Å²) < 4.78 is 0. The van der Waals surface area contributed by atoms with Gasteiger partial charge in [-0.2, -0.15) is 0 Å². The Morgan fingerprint density at radius 2 is 1.21 bits per heavy atom. The summed E-state index contributed by atoms with van der Waals surface area (Å²) in [5.41, 5.74) is 0. The molecule has 0 N–H and O–H groups in total. The van der Waals surface area contributed by atoms with Crippen LogP contribution in [0.4, 0.5) is 0 Å². The van der Waals surface area contributed by atoms with Crippen molar-refractivity contribution in [3.8, 4) is 0 Å². The molecule has 112 valence electrons. The van der Waals surface area contributed by atoms with Crippen molar-refractivity contribution >= 4 is 11.6 Å². The van der Waals surface area contributed by atoms with E-state index in [2.05, 4.69) is 11.8 Å². The van der Waals surface area contributed by atoms with Gasteiger partial charge >= 0.3 is 0 Å². The van der Waals surface area contributed by atoms with Gasteiger partial charge in [-0.3, -0.25) is 9.59 Å². The molecule has 0 aliphatic heterocycles. The molecule has 3 nitrogen and oxygen atoms in total. The zero-order valence-corrected chi connectivity index (χ0v) is 13.4. The van der Waals surface area contributed by atoms with E-state index in [1.807, 2.05) is 27.7 Å². The van der Waals surface area contributed by atoms with Gasteiger partial charge in [0.15, 0.2) is 0 Å². The molecular weight excluding hydrogens is 238 g/mol.